The maximum Gasteiger partial charge on any atom is 0.491 e. The number of aromatic nitrogens is 1. The Labute approximate surface area is 133 Å². The Hall–Kier alpha value is -1.37. The van der Waals surface area contributed by atoms with Gasteiger partial charge in [-0.25, -0.2) is 4.98 Å². The molecule has 0 saturated carbocycles. The lowest BCUT2D eigenvalue weighted by Crippen LogP contribution is -2.41. The van der Waals surface area contributed by atoms with Gasteiger partial charge in [-0.3, -0.25) is 0 Å². The fraction of sp³-hybridized carbons (Fsp3) is 0.562. The summed E-state index contributed by atoms with van der Waals surface area (Å²) in [7, 11) is 3.15. The largest absolute Gasteiger partial charge is 0.491 e. The summed E-state index contributed by atoms with van der Waals surface area (Å²) in [6, 6.07) is 3.82. The highest BCUT2D eigenvalue weighted by atomic mass is 16.7. The van der Waals surface area contributed by atoms with Crippen molar-refractivity contribution in [2.24, 2.45) is 0 Å². The molecule has 0 aromatic carbocycles. The summed E-state index contributed by atoms with van der Waals surface area (Å²) in [5.74, 6) is 0.589. The van der Waals surface area contributed by atoms with Crippen molar-refractivity contribution in [2.75, 3.05) is 20.7 Å². The van der Waals surface area contributed by atoms with Gasteiger partial charge in [0.15, 0.2) is 0 Å². The molecule has 120 valence electrons. The lowest BCUT2D eigenvalue weighted by atomic mass is 9.77. The van der Waals surface area contributed by atoms with E-state index in [1.165, 1.54) is 0 Å². The number of hydrogen-bond donors (Lipinski definition) is 1. The van der Waals surface area contributed by atoms with Crippen LogP contribution in [0.25, 0.3) is 6.08 Å². The lowest BCUT2D eigenvalue weighted by Gasteiger charge is -2.32. The van der Waals surface area contributed by atoms with Gasteiger partial charge < -0.3 is 19.4 Å². The highest BCUT2D eigenvalue weighted by Crippen LogP contribution is 2.38. The number of rotatable bonds is 5. The van der Waals surface area contributed by atoms with Crippen LogP contribution in [0.4, 0.5) is 0 Å². The average molecular weight is 304 g/mol. The van der Waals surface area contributed by atoms with Gasteiger partial charge in [-0.2, -0.15) is 0 Å². The molecule has 1 aromatic rings. The van der Waals surface area contributed by atoms with Crippen molar-refractivity contribution in [3.05, 3.63) is 29.4 Å². The second-order valence-electron chi connectivity index (χ2n) is 6.47. The number of ether oxygens (including phenoxy) is 1. The van der Waals surface area contributed by atoms with Crippen molar-refractivity contribution in [3.8, 4) is 5.88 Å². The van der Waals surface area contributed by atoms with E-state index in [9.17, 15) is 0 Å². The molecule has 5 nitrogen and oxygen atoms in total. The van der Waals surface area contributed by atoms with Crippen LogP contribution in [0, 0.1) is 0 Å². The van der Waals surface area contributed by atoms with E-state index in [1.54, 1.807) is 13.3 Å². The molecule has 1 saturated heterocycles. The molecule has 1 aliphatic heterocycles. The Morgan fingerprint density at radius 3 is 2.50 bits per heavy atom. The maximum absolute atomic E-state index is 6.13. The van der Waals surface area contributed by atoms with Crippen molar-refractivity contribution >= 4 is 13.2 Å². The van der Waals surface area contributed by atoms with E-state index in [4.69, 9.17) is 14.0 Å². The highest BCUT2D eigenvalue weighted by molar-refractivity contribution is 6.55. The first kappa shape index (κ1) is 17.0. The van der Waals surface area contributed by atoms with Crippen LogP contribution in [0.5, 0.6) is 5.88 Å². The summed E-state index contributed by atoms with van der Waals surface area (Å²) in [6.45, 7) is 8.90. The smallest absolute Gasteiger partial charge is 0.481 e. The predicted molar refractivity (Wildman–Crippen MR) is 88.8 cm³/mol. The van der Waals surface area contributed by atoms with Crippen molar-refractivity contribution in [1.29, 1.82) is 0 Å². The molecule has 0 bridgehead atoms. The van der Waals surface area contributed by atoms with E-state index >= 15 is 0 Å². The van der Waals surface area contributed by atoms with E-state index in [2.05, 4.69) is 44.1 Å². The van der Waals surface area contributed by atoms with E-state index in [0.717, 1.165) is 11.0 Å². The van der Waals surface area contributed by atoms with Gasteiger partial charge in [-0.15, -0.1) is 0 Å². The highest BCUT2D eigenvalue weighted by Gasteiger charge is 2.52. The molecule has 2 heterocycles. The monoisotopic (exact) mass is 304 g/mol. The predicted octanol–water partition coefficient (Wildman–Crippen LogP) is 2.32. The number of pyridine rings is 1. The molecule has 22 heavy (non-hydrogen) atoms. The van der Waals surface area contributed by atoms with Crippen molar-refractivity contribution in [3.63, 3.8) is 0 Å². The zero-order chi connectivity index (χ0) is 16.4. The van der Waals surface area contributed by atoms with Gasteiger partial charge >= 0.3 is 7.12 Å². The standard InChI is InChI=1S/C16H25BN2O3/c1-15(2)16(3,4)22-17(21-15)13(11-18-5)9-12-7-8-19-14(10-12)20-6/h7-10,18H,11H2,1-6H3. The molecular formula is C16H25BN2O3. The third-order valence-electron chi connectivity index (χ3n) is 4.26. The quantitative estimate of drug-likeness (QED) is 0.846. The topological polar surface area (TPSA) is 52.6 Å². The van der Waals surface area contributed by atoms with Crippen LogP contribution >= 0.6 is 0 Å². The molecule has 0 unspecified atom stereocenters. The molecule has 1 aliphatic rings. The zero-order valence-electron chi connectivity index (χ0n) is 14.3. The molecule has 0 atom stereocenters. The van der Waals surface area contributed by atoms with Crippen molar-refractivity contribution in [2.45, 2.75) is 38.9 Å². The summed E-state index contributed by atoms with van der Waals surface area (Å²) in [6.07, 6.45) is 3.79. The summed E-state index contributed by atoms with van der Waals surface area (Å²) in [5, 5.41) is 3.17. The van der Waals surface area contributed by atoms with Crippen LogP contribution in [0.1, 0.15) is 33.3 Å². The van der Waals surface area contributed by atoms with Crippen LogP contribution in [0.15, 0.2) is 23.8 Å². The molecule has 0 radical (unpaired) electrons. The van der Waals surface area contributed by atoms with Crippen LogP contribution in [0.3, 0.4) is 0 Å². The average Bonchev–Trinajstić information content (AvgIpc) is 2.67. The minimum atomic E-state index is -0.364. The third-order valence-corrected chi connectivity index (χ3v) is 4.26. The first-order chi connectivity index (χ1) is 10.3. The zero-order valence-corrected chi connectivity index (χ0v) is 14.3. The number of methoxy groups -OCH3 is 1. The molecule has 0 amide bonds. The number of nitrogens with zero attached hydrogens (tertiary/aromatic N) is 1. The van der Waals surface area contributed by atoms with Crippen LogP contribution in [-0.2, 0) is 9.31 Å². The lowest BCUT2D eigenvalue weighted by molar-refractivity contribution is 0.00578. The Bertz CT molecular complexity index is 542. The normalized spacial score (nSPS) is 20.3. The van der Waals surface area contributed by atoms with Crippen LogP contribution in [-0.4, -0.2) is 44.0 Å². The molecule has 1 aromatic heterocycles. The van der Waals surface area contributed by atoms with Gasteiger partial charge in [-0.05, 0) is 51.8 Å². The molecule has 1 fully saturated rings. The minimum Gasteiger partial charge on any atom is -0.481 e. The van der Waals surface area contributed by atoms with Gasteiger partial charge in [0.05, 0.1) is 18.3 Å². The maximum atomic E-state index is 6.13. The summed E-state index contributed by atoms with van der Waals surface area (Å²) in [4.78, 5) is 4.13. The fourth-order valence-corrected chi connectivity index (χ4v) is 2.24. The van der Waals surface area contributed by atoms with Gasteiger partial charge in [0.25, 0.3) is 0 Å². The minimum absolute atomic E-state index is 0.347. The second-order valence-corrected chi connectivity index (χ2v) is 6.47. The molecule has 6 heteroatoms. The van der Waals surface area contributed by atoms with E-state index < -0.39 is 0 Å². The Balaban J connectivity index is 2.29. The van der Waals surface area contributed by atoms with E-state index in [-0.39, 0.29) is 18.3 Å². The van der Waals surface area contributed by atoms with Gasteiger partial charge in [-0.1, -0.05) is 6.08 Å². The number of nitrogens with one attached hydrogen (secondary N) is 1. The first-order valence-electron chi connectivity index (χ1n) is 7.50. The Kier molecular flexibility index (Phi) is 4.95. The number of likely N-dealkylation sites (N-methyl/N-ethyl adjacent to an activating group) is 1. The molecular weight excluding hydrogens is 279 g/mol. The summed E-state index contributed by atoms with van der Waals surface area (Å²) >= 11 is 0. The fourth-order valence-electron chi connectivity index (χ4n) is 2.24. The molecule has 0 spiro atoms. The van der Waals surface area contributed by atoms with Crippen LogP contribution in [0.2, 0.25) is 0 Å². The van der Waals surface area contributed by atoms with Crippen molar-refractivity contribution in [1.82, 2.24) is 10.3 Å². The number of hydrogen-bond acceptors (Lipinski definition) is 5. The Morgan fingerprint density at radius 1 is 1.32 bits per heavy atom. The van der Waals surface area contributed by atoms with Crippen LogP contribution < -0.4 is 10.1 Å². The SMILES string of the molecule is CNCC(=Cc1ccnc(OC)c1)B1OC(C)(C)C(C)(C)O1. The molecule has 0 aliphatic carbocycles. The van der Waals surface area contributed by atoms with E-state index in [1.807, 2.05) is 19.2 Å². The second kappa shape index (κ2) is 6.40. The van der Waals surface area contributed by atoms with Crippen molar-refractivity contribution < 1.29 is 14.0 Å². The van der Waals surface area contributed by atoms with Gasteiger partial charge in [0, 0.05) is 18.8 Å². The third kappa shape index (κ3) is 3.51. The van der Waals surface area contributed by atoms with E-state index in [0.29, 0.717) is 12.4 Å². The summed E-state index contributed by atoms with van der Waals surface area (Å²) < 4.78 is 17.4. The summed E-state index contributed by atoms with van der Waals surface area (Å²) in [5.41, 5.74) is 1.35. The molecule has 2 rings (SSSR count). The molecule has 1 N–H and O–H groups in total. The van der Waals surface area contributed by atoms with Gasteiger partial charge in [0.1, 0.15) is 0 Å². The Morgan fingerprint density at radius 2 is 1.95 bits per heavy atom. The van der Waals surface area contributed by atoms with Gasteiger partial charge in [0.2, 0.25) is 5.88 Å². The first-order valence-corrected chi connectivity index (χ1v) is 7.50.